The third-order valence-corrected chi connectivity index (χ3v) is 4.04. The van der Waals surface area contributed by atoms with Gasteiger partial charge in [-0.25, -0.2) is 0 Å². The number of nitrogens with zero attached hydrogens (tertiary/aromatic N) is 2. The van der Waals surface area contributed by atoms with Gasteiger partial charge in [-0.05, 0) is 25.3 Å². The molecule has 2 aromatic rings. The summed E-state index contributed by atoms with van der Waals surface area (Å²) in [5.41, 5.74) is 0. The van der Waals surface area contributed by atoms with Gasteiger partial charge < -0.3 is 9.15 Å². The lowest BCUT2D eigenvalue weighted by atomic mass is 10.3. The lowest BCUT2D eigenvalue weighted by Crippen LogP contribution is -2.16. The van der Waals surface area contributed by atoms with Gasteiger partial charge in [0, 0.05) is 4.88 Å². The van der Waals surface area contributed by atoms with Crippen molar-refractivity contribution in [2.45, 2.75) is 30.7 Å². The van der Waals surface area contributed by atoms with Crippen molar-refractivity contribution in [3.05, 3.63) is 28.3 Å². The minimum atomic E-state index is -0.352. The molecule has 7 heteroatoms. The first-order valence-electron chi connectivity index (χ1n) is 5.87. The largest absolute Gasteiger partial charge is 0.465 e. The number of aromatic nitrogens is 2. The lowest BCUT2D eigenvalue weighted by Gasteiger charge is -2.06. The van der Waals surface area contributed by atoms with Crippen molar-refractivity contribution < 1.29 is 13.9 Å². The molecule has 1 atom stereocenters. The van der Waals surface area contributed by atoms with E-state index in [0.717, 1.165) is 0 Å². The number of esters is 1. The number of thioether (sulfide) groups is 1. The number of thiophene rings is 1. The summed E-state index contributed by atoms with van der Waals surface area (Å²) in [5.74, 6) is 0.284. The van der Waals surface area contributed by atoms with E-state index in [-0.39, 0.29) is 11.2 Å². The first kappa shape index (κ1) is 14.1. The summed E-state index contributed by atoms with van der Waals surface area (Å²) >= 11 is 2.86. The van der Waals surface area contributed by atoms with Crippen molar-refractivity contribution in [3.8, 4) is 0 Å². The Morgan fingerprint density at radius 2 is 2.42 bits per heavy atom. The van der Waals surface area contributed by atoms with E-state index < -0.39 is 0 Å². The molecule has 0 radical (unpaired) electrons. The molecule has 0 amide bonds. The van der Waals surface area contributed by atoms with E-state index in [1.807, 2.05) is 17.5 Å². The molecule has 0 bridgehead atoms. The van der Waals surface area contributed by atoms with Crippen LogP contribution in [0.4, 0.5) is 0 Å². The molecule has 0 saturated heterocycles. The number of carbonyl (C=O) groups excluding carboxylic acids is 1. The van der Waals surface area contributed by atoms with Gasteiger partial charge in [-0.15, -0.1) is 21.5 Å². The van der Waals surface area contributed by atoms with Crippen LogP contribution in [-0.4, -0.2) is 28.0 Å². The Morgan fingerprint density at radius 1 is 1.58 bits per heavy atom. The highest BCUT2D eigenvalue weighted by Gasteiger charge is 2.19. The lowest BCUT2D eigenvalue weighted by molar-refractivity contribution is -0.142. The highest BCUT2D eigenvalue weighted by Crippen LogP contribution is 2.23. The van der Waals surface area contributed by atoms with E-state index in [2.05, 4.69) is 10.2 Å². The zero-order valence-corrected chi connectivity index (χ0v) is 12.3. The number of hydrogen-bond donors (Lipinski definition) is 0. The van der Waals surface area contributed by atoms with Crippen LogP contribution in [0.1, 0.15) is 24.6 Å². The van der Waals surface area contributed by atoms with Crippen molar-refractivity contribution >= 4 is 29.1 Å². The third-order valence-electron chi connectivity index (χ3n) is 2.25. The molecule has 5 nitrogen and oxygen atoms in total. The molecule has 0 spiro atoms. The molecule has 0 aromatic carbocycles. The fourth-order valence-electron chi connectivity index (χ4n) is 1.38. The molecule has 0 fully saturated rings. The number of rotatable bonds is 6. The smallest absolute Gasteiger partial charge is 0.319 e. The molecule has 102 valence electrons. The van der Waals surface area contributed by atoms with Gasteiger partial charge in [-0.2, -0.15) is 0 Å². The van der Waals surface area contributed by atoms with Gasteiger partial charge in [0.1, 0.15) is 5.25 Å². The van der Waals surface area contributed by atoms with Gasteiger partial charge in [0.05, 0.1) is 13.0 Å². The van der Waals surface area contributed by atoms with E-state index in [1.54, 1.807) is 25.2 Å². The maximum absolute atomic E-state index is 11.5. The highest BCUT2D eigenvalue weighted by molar-refractivity contribution is 8.00. The van der Waals surface area contributed by atoms with Crippen molar-refractivity contribution in [1.29, 1.82) is 0 Å². The van der Waals surface area contributed by atoms with E-state index >= 15 is 0 Å². The van der Waals surface area contributed by atoms with Crippen LogP contribution in [0, 0.1) is 0 Å². The standard InChI is InChI=1S/C12H14N2O3S2/c1-3-16-11(15)8(2)19-12-14-13-10(17-12)7-9-5-4-6-18-9/h4-6,8H,3,7H2,1-2H3. The molecule has 0 saturated carbocycles. The summed E-state index contributed by atoms with van der Waals surface area (Å²) in [5, 5.41) is 9.94. The van der Waals surface area contributed by atoms with Gasteiger partial charge >= 0.3 is 5.97 Å². The molecule has 19 heavy (non-hydrogen) atoms. The van der Waals surface area contributed by atoms with Crippen molar-refractivity contribution in [3.63, 3.8) is 0 Å². The molecule has 2 heterocycles. The second kappa shape index (κ2) is 6.72. The summed E-state index contributed by atoms with van der Waals surface area (Å²) in [6, 6.07) is 4.00. The van der Waals surface area contributed by atoms with Crippen LogP contribution in [-0.2, 0) is 16.0 Å². The highest BCUT2D eigenvalue weighted by atomic mass is 32.2. The Hall–Kier alpha value is -1.34. The SMILES string of the molecule is CCOC(=O)C(C)Sc1nnc(Cc2cccs2)o1. The Morgan fingerprint density at radius 3 is 3.11 bits per heavy atom. The van der Waals surface area contributed by atoms with Gasteiger partial charge in [0.25, 0.3) is 5.22 Å². The molecule has 0 aliphatic heterocycles. The second-order valence-corrected chi connectivity index (χ2v) is 6.05. The van der Waals surface area contributed by atoms with Crippen LogP contribution in [0.25, 0.3) is 0 Å². The predicted octanol–water partition coefficient (Wildman–Crippen LogP) is 2.77. The topological polar surface area (TPSA) is 65.2 Å². The molecule has 0 N–H and O–H groups in total. The monoisotopic (exact) mass is 298 g/mol. The van der Waals surface area contributed by atoms with Crippen molar-refractivity contribution in [2.24, 2.45) is 0 Å². The zero-order valence-electron chi connectivity index (χ0n) is 10.7. The molecule has 0 aliphatic rings. The maximum atomic E-state index is 11.5. The molecular formula is C12H14N2O3S2. The Bertz CT molecular complexity index is 525. The predicted molar refractivity (Wildman–Crippen MR) is 73.4 cm³/mol. The first-order chi connectivity index (χ1) is 9.19. The zero-order chi connectivity index (χ0) is 13.7. The van der Waals surface area contributed by atoms with Crippen LogP contribution in [0.3, 0.4) is 0 Å². The molecule has 1 unspecified atom stereocenters. The number of ether oxygens (including phenoxy) is 1. The Labute approximate surface area is 119 Å². The summed E-state index contributed by atoms with van der Waals surface area (Å²) in [6.45, 7) is 3.91. The molecule has 0 aliphatic carbocycles. The molecule has 2 rings (SSSR count). The van der Waals surface area contributed by atoms with Crippen LogP contribution in [0.5, 0.6) is 0 Å². The number of hydrogen-bond acceptors (Lipinski definition) is 7. The average molecular weight is 298 g/mol. The summed E-state index contributed by atoms with van der Waals surface area (Å²) in [6.07, 6.45) is 0.624. The Kier molecular flexibility index (Phi) is 4.98. The minimum Gasteiger partial charge on any atom is -0.465 e. The van der Waals surface area contributed by atoms with Crippen molar-refractivity contribution in [1.82, 2.24) is 10.2 Å². The normalized spacial score (nSPS) is 12.3. The van der Waals surface area contributed by atoms with Crippen LogP contribution in [0.15, 0.2) is 27.2 Å². The van der Waals surface area contributed by atoms with E-state index in [4.69, 9.17) is 9.15 Å². The summed E-state index contributed by atoms with van der Waals surface area (Å²) in [4.78, 5) is 12.6. The minimum absolute atomic E-state index is 0.273. The van der Waals surface area contributed by atoms with Gasteiger partial charge in [-0.1, -0.05) is 17.8 Å². The van der Waals surface area contributed by atoms with Gasteiger partial charge in [-0.3, -0.25) is 4.79 Å². The van der Waals surface area contributed by atoms with E-state index in [0.29, 0.717) is 24.1 Å². The summed E-state index contributed by atoms with van der Waals surface area (Å²) in [7, 11) is 0. The molecule has 2 aromatic heterocycles. The fraction of sp³-hybridized carbons (Fsp3) is 0.417. The fourth-order valence-corrected chi connectivity index (χ4v) is 2.77. The van der Waals surface area contributed by atoms with Crippen LogP contribution in [0.2, 0.25) is 0 Å². The van der Waals surface area contributed by atoms with Gasteiger partial charge in [0.15, 0.2) is 0 Å². The quantitative estimate of drug-likeness (QED) is 0.603. The van der Waals surface area contributed by atoms with E-state index in [1.165, 1.54) is 16.6 Å². The average Bonchev–Trinajstić information content (AvgIpc) is 3.02. The van der Waals surface area contributed by atoms with E-state index in [9.17, 15) is 4.79 Å². The number of carbonyl (C=O) groups is 1. The summed E-state index contributed by atoms with van der Waals surface area (Å²) < 4.78 is 10.4. The van der Waals surface area contributed by atoms with Crippen LogP contribution >= 0.6 is 23.1 Å². The van der Waals surface area contributed by atoms with Crippen LogP contribution < -0.4 is 0 Å². The van der Waals surface area contributed by atoms with Crippen molar-refractivity contribution in [2.75, 3.05) is 6.61 Å². The van der Waals surface area contributed by atoms with Gasteiger partial charge in [0.2, 0.25) is 5.89 Å². The second-order valence-electron chi connectivity index (χ2n) is 3.73. The first-order valence-corrected chi connectivity index (χ1v) is 7.63. The third kappa shape index (κ3) is 4.07. The maximum Gasteiger partial charge on any atom is 0.319 e. The molecular weight excluding hydrogens is 284 g/mol. The Balaban J connectivity index is 1.92.